The smallest absolute Gasteiger partial charge is 0.408 e. The molecule has 0 aliphatic carbocycles. The van der Waals surface area contributed by atoms with Crippen LogP contribution in [0.15, 0.2) is 18.3 Å². The van der Waals surface area contributed by atoms with Crippen molar-refractivity contribution in [2.45, 2.75) is 6.92 Å². The molecule has 0 amide bonds. The average Bonchev–Trinajstić information content (AvgIpc) is 2.16. The third kappa shape index (κ3) is 1.96. The SMILES string of the molecule is COC(=O)c1ccc(C)c[n+]1OC. The molecular weight excluding hydrogens is 170 g/mol. The number of ether oxygens (including phenoxy) is 1. The number of hydrogen-bond acceptors (Lipinski definition) is 3. The Morgan fingerprint density at radius 3 is 2.62 bits per heavy atom. The minimum atomic E-state index is -0.415. The molecule has 0 saturated carbocycles. The first kappa shape index (κ1) is 9.51. The fraction of sp³-hybridized carbons (Fsp3) is 0.333. The van der Waals surface area contributed by atoms with Crippen LogP contribution in [-0.4, -0.2) is 20.2 Å². The molecule has 1 aromatic heterocycles. The number of aromatic nitrogens is 1. The van der Waals surface area contributed by atoms with Crippen LogP contribution >= 0.6 is 0 Å². The largest absolute Gasteiger partial charge is 0.461 e. The van der Waals surface area contributed by atoms with Gasteiger partial charge < -0.3 is 4.74 Å². The van der Waals surface area contributed by atoms with Crippen LogP contribution in [0.4, 0.5) is 0 Å². The zero-order valence-corrected chi connectivity index (χ0v) is 7.90. The van der Waals surface area contributed by atoms with Gasteiger partial charge in [0, 0.05) is 16.4 Å². The third-order valence-corrected chi connectivity index (χ3v) is 1.65. The fourth-order valence-electron chi connectivity index (χ4n) is 0.995. The van der Waals surface area contributed by atoms with Gasteiger partial charge in [0.05, 0.1) is 7.11 Å². The number of carbonyl (C=O) groups is 1. The quantitative estimate of drug-likeness (QED) is 0.482. The van der Waals surface area contributed by atoms with E-state index in [1.165, 1.54) is 19.0 Å². The van der Waals surface area contributed by atoms with Crippen LogP contribution in [0.3, 0.4) is 0 Å². The summed E-state index contributed by atoms with van der Waals surface area (Å²) in [5.41, 5.74) is 1.38. The monoisotopic (exact) mass is 182 g/mol. The van der Waals surface area contributed by atoms with Crippen LogP contribution < -0.4 is 9.57 Å². The van der Waals surface area contributed by atoms with Crippen LogP contribution in [0.1, 0.15) is 16.1 Å². The molecule has 13 heavy (non-hydrogen) atoms. The van der Waals surface area contributed by atoms with Crippen molar-refractivity contribution >= 4 is 5.97 Å². The molecule has 0 saturated heterocycles. The standard InChI is InChI=1S/C9H12NO3/c1-7-4-5-8(9(11)12-2)10(6-7)13-3/h4-6H,1-3H3/q+1. The van der Waals surface area contributed by atoms with Gasteiger partial charge in [-0.2, -0.15) is 0 Å². The van der Waals surface area contributed by atoms with Gasteiger partial charge in [-0.05, 0) is 13.0 Å². The van der Waals surface area contributed by atoms with Gasteiger partial charge in [-0.3, -0.25) is 4.84 Å². The molecular formula is C9H12NO3+. The van der Waals surface area contributed by atoms with Crippen LogP contribution in [-0.2, 0) is 4.74 Å². The van der Waals surface area contributed by atoms with Gasteiger partial charge in [-0.1, -0.05) is 0 Å². The molecule has 0 aromatic carbocycles. The molecule has 0 radical (unpaired) electrons. The lowest BCUT2D eigenvalue weighted by atomic mass is 10.3. The van der Waals surface area contributed by atoms with E-state index in [0.717, 1.165) is 5.56 Å². The predicted molar refractivity (Wildman–Crippen MR) is 45.2 cm³/mol. The molecule has 1 aromatic rings. The summed E-state index contributed by atoms with van der Waals surface area (Å²) in [7, 11) is 2.83. The van der Waals surface area contributed by atoms with E-state index in [9.17, 15) is 4.79 Å². The highest BCUT2D eigenvalue weighted by atomic mass is 16.6. The van der Waals surface area contributed by atoms with Gasteiger partial charge >= 0.3 is 11.7 Å². The summed E-state index contributed by atoms with van der Waals surface area (Å²) in [6.45, 7) is 1.91. The number of nitrogens with zero attached hydrogens (tertiary/aromatic N) is 1. The number of aryl methyl sites for hydroxylation is 1. The summed E-state index contributed by atoms with van der Waals surface area (Å²) in [6.07, 6.45) is 1.71. The second-order valence-electron chi connectivity index (χ2n) is 2.59. The van der Waals surface area contributed by atoms with Crippen LogP contribution in [0.5, 0.6) is 0 Å². The number of hydrogen-bond donors (Lipinski definition) is 0. The van der Waals surface area contributed by atoms with Gasteiger partial charge in [0.2, 0.25) is 6.20 Å². The van der Waals surface area contributed by atoms with Crippen molar-refractivity contribution < 1.29 is 19.1 Å². The van der Waals surface area contributed by atoms with E-state index in [1.54, 1.807) is 12.3 Å². The van der Waals surface area contributed by atoms with Gasteiger partial charge in [0.1, 0.15) is 7.11 Å². The maximum absolute atomic E-state index is 11.2. The Balaban J connectivity index is 3.13. The van der Waals surface area contributed by atoms with Crippen molar-refractivity contribution in [3.63, 3.8) is 0 Å². The molecule has 0 atom stereocenters. The minimum absolute atomic E-state index is 0.371. The molecule has 1 heterocycles. The molecule has 70 valence electrons. The highest BCUT2D eigenvalue weighted by Crippen LogP contribution is 1.97. The summed E-state index contributed by atoms with van der Waals surface area (Å²) in [6, 6.07) is 3.48. The van der Waals surface area contributed by atoms with Crippen molar-refractivity contribution in [2.24, 2.45) is 0 Å². The van der Waals surface area contributed by atoms with E-state index in [-0.39, 0.29) is 0 Å². The van der Waals surface area contributed by atoms with Crippen LogP contribution in [0, 0.1) is 6.92 Å². The molecule has 0 spiro atoms. The first-order valence-electron chi connectivity index (χ1n) is 3.84. The zero-order valence-electron chi connectivity index (χ0n) is 7.90. The van der Waals surface area contributed by atoms with E-state index in [0.29, 0.717) is 5.69 Å². The lowest BCUT2D eigenvalue weighted by Crippen LogP contribution is -2.46. The zero-order chi connectivity index (χ0) is 9.84. The lowest BCUT2D eigenvalue weighted by molar-refractivity contribution is -0.887. The third-order valence-electron chi connectivity index (χ3n) is 1.65. The van der Waals surface area contributed by atoms with Crippen LogP contribution in [0.25, 0.3) is 0 Å². The highest BCUT2D eigenvalue weighted by molar-refractivity contribution is 5.85. The Hall–Kier alpha value is -1.58. The van der Waals surface area contributed by atoms with E-state index < -0.39 is 5.97 Å². The van der Waals surface area contributed by atoms with Crippen molar-refractivity contribution in [1.82, 2.24) is 0 Å². The Labute approximate surface area is 76.7 Å². The second-order valence-corrected chi connectivity index (χ2v) is 2.59. The van der Waals surface area contributed by atoms with Crippen molar-refractivity contribution in [3.05, 3.63) is 29.6 Å². The number of esters is 1. The molecule has 0 aliphatic heterocycles. The Bertz CT molecular complexity index is 323. The Morgan fingerprint density at radius 2 is 2.08 bits per heavy atom. The van der Waals surface area contributed by atoms with E-state index in [1.807, 2.05) is 13.0 Å². The number of rotatable bonds is 2. The summed E-state index contributed by atoms with van der Waals surface area (Å²) >= 11 is 0. The van der Waals surface area contributed by atoms with Crippen molar-refractivity contribution in [2.75, 3.05) is 14.2 Å². The molecule has 0 fully saturated rings. The lowest BCUT2D eigenvalue weighted by Gasteiger charge is -1.98. The Kier molecular flexibility index (Phi) is 2.84. The molecule has 4 nitrogen and oxygen atoms in total. The topological polar surface area (TPSA) is 39.4 Å². The summed E-state index contributed by atoms with van der Waals surface area (Å²) < 4.78 is 5.96. The maximum Gasteiger partial charge on any atom is 0.408 e. The maximum atomic E-state index is 11.2. The summed E-state index contributed by atoms with van der Waals surface area (Å²) in [5.74, 6) is -0.415. The molecule has 0 bridgehead atoms. The predicted octanol–water partition coefficient (Wildman–Crippen LogP) is 0.128. The van der Waals surface area contributed by atoms with Gasteiger partial charge in [0.25, 0.3) is 0 Å². The first-order valence-corrected chi connectivity index (χ1v) is 3.84. The van der Waals surface area contributed by atoms with Gasteiger partial charge in [0.15, 0.2) is 0 Å². The van der Waals surface area contributed by atoms with E-state index in [4.69, 9.17) is 4.84 Å². The second kappa shape index (κ2) is 3.89. The molecule has 0 aliphatic rings. The van der Waals surface area contributed by atoms with Gasteiger partial charge in [-0.25, -0.2) is 4.79 Å². The van der Waals surface area contributed by atoms with Crippen molar-refractivity contribution in [1.29, 1.82) is 0 Å². The first-order chi connectivity index (χ1) is 6.19. The molecule has 1 rings (SSSR count). The van der Waals surface area contributed by atoms with Crippen molar-refractivity contribution in [3.8, 4) is 0 Å². The van der Waals surface area contributed by atoms with Gasteiger partial charge in [-0.15, -0.1) is 0 Å². The summed E-state index contributed by atoms with van der Waals surface area (Å²) in [4.78, 5) is 16.1. The fourth-order valence-corrected chi connectivity index (χ4v) is 0.995. The minimum Gasteiger partial charge on any atom is -0.461 e. The normalized spacial score (nSPS) is 9.46. The van der Waals surface area contributed by atoms with Crippen LogP contribution in [0.2, 0.25) is 0 Å². The summed E-state index contributed by atoms with van der Waals surface area (Å²) in [5, 5.41) is 0. The molecule has 0 N–H and O–H groups in total. The number of carbonyl (C=O) groups excluding carboxylic acids is 1. The number of methoxy groups -OCH3 is 1. The highest BCUT2D eigenvalue weighted by Gasteiger charge is 2.20. The molecule has 0 unspecified atom stereocenters. The molecule has 4 heteroatoms. The number of pyridine rings is 1. The van der Waals surface area contributed by atoms with E-state index in [2.05, 4.69) is 4.74 Å². The average molecular weight is 182 g/mol. The van der Waals surface area contributed by atoms with E-state index >= 15 is 0 Å². The Morgan fingerprint density at radius 1 is 1.38 bits per heavy atom.